The second-order valence-electron chi connectivity index (χ2n) is 7.78. The van der Waals surface area contributed by atoms with Crippen LogP contribution in [0, 0.1) is 5.41 Å². The Kier molecular flexibility index (Phi) is 4.47. The fourth-order valence-corrected chi connectivity index (χ4v) is 4.25. The fraction of sp³-hybridized carbons (Fsp3) is 0.632. The molecule has 3 heterocycles. The zero-order chi connectivity index (χ0) is 18.4. The highest BCUT2D eigenvalue weighted by Gasteiger charge is 2.48. The summed E-state index contributed by atoms with van der Waals surface area (Å²) in [5.74, 6) is 0.0956. The van der Waals surface area contributed by atoms with Gasteiger partial charge in [-0.2, -0.15) is 0 Å². The SMILES string of the molecule is CC(C)c1ccc(C(=O)N2CCC3(CCCN(C)C3=O)C2)c(=O)n1C. The first-order valence-corrected chi connectivity index (χ1v) is 9.01. The minimum absolute atomic E-state index is 0.136. The summed E-state index contributed by atoms with van der Waals surface area (Å²) in [4.78, 5) is 41.6. The average molecular weight is 345 g/mol. The highest BCUT2D eigenvalue weighted by molar-refractivity contribution is 5.95. The average Bonchev–Trinajstić information content (AvgIpc) is 2.99. The molecule has 0 aromatic carbocycles. The van der Waals surface area contributed by atoms with Gasteiger partial charge in [-0.05, 0) is 37.3 Å². The van der Waals surface area contributed by atoms with Crippen molar-refractivity contribution >= 4 is 11.8 Å². The summed E-state index contributed by atoms with van der Waals surface area (Å²) < 4.78 is 1.56. The molecule has 1 unspecified atom stereocenters. The molecule has 2 fully saturated rings. The van der Waals surface area contributed by atoms with Gasteiger partial charge in [0.05, 0.1) is 5.41 Å². The van der Waals surface area contributed by atoms with Gasteiger partial charge in [0.2, 0.25) is 5.91 Å². The Balaban J connectivity index is 1.85. The maximum absolute atomic E-state index is 12.9. The van der Waals surface area contributed by atoms with Crippen LogP contribution in [0.25, 0.3) is 0 Å². The Bertz CT molecular complexity index is 768. The van der Waals surface area contributed by atoms with Gasteiger partial charge in [-0.1, -0.05) is 13.8 Å². The first-order valence-electron chi connectivity index (χ1n) is 9.01. The van der Waals surface area contributed by atoms with E-state index in [4.69, 9.17) is 0 Å². The molecule has 2 aliphatic heterocycles. The van der Waals surface area contributed by atoms with Gasteiger partial charge in [-0.15, -0.1) is 0 Å². The van der Waals surface area contributed by atoms with E-state index in [9.17, 15) is 14.4 Å². The molecule has 0 saturated carbocycles. The summed E-state index contributed by atoms with van der Waals surface area (Å²) in [5, 5.41) is 0. The van der Waals surface area contributed by atoms with Crippen LogP contribution in [0.1, 0.15) is 55.1 Å². The molecule has 6 heteroatoms. The van der Waals surface area contributed by atoms with Crippen molar-refractivity contribution in [3.63, 3.8) is 0 Å². The molecular formula is C19H27N3O3. The number of hydrogen-bond acceptors (Lipinski definition) is 3. The second-order valence-corrected chi connectivity index (χ2v) is 7.78. The quantitative estimate of drug-likeness (QED) is 0.818. The van der Waals surface area contributed by atoms with Crippen LogP contribution in [0.4, 0.5) is 0 Å². The molecule has 0 N–H and O–H groups in total. The third kappa shape index (κ3) is 2.87. The van der Waals surface area contributed by atoms with Crippen molar-refractivity contribution in [1.29, 1.82) is 0 Å². The fourth-order valence-electron chi connectivity index (χ4n) is 4.25. The first kappa shape index (κ1) is 17.7. The number of piperidine rings is 1. The number of nitrogens with zero attached hydrogens (tertiary/aromatic N) is 3. The van der Waals surface area contributed by atoms with Crippen molar-refractivity contribution < 1.29 is 9.59 Å². The summed E-state index contributed by atoms with van der Waals surface area (Å²) in [6, 6.07) is 3.49. The number of carbonyl (C=O) groups excluding carboxylic acids is 2. The zero-order valence-electron chi connectivity index (χ0n) is 15.5. The Morgan fingerprint density at radius 2 is 1.84 bits per heavy atom. The monoisotopic (exact) mass is 345 g/mol. The molecular weight excluding hydrogens is 318 g/mol. The van der Waals surface area contributed by atoms with Crippen molar-refractivity contribution in [1.82, 2.24) is 14.4 Å². The molecule has 2 amide bonds. The van der Waals surface area contributed by atoms with Gasteiger partial charge in [0.15, 0.2) is 0 Å². The number of hydrogen-bond donors (Lipinski definition) is 0. The minimum atomic E-state index is -0.453. The molecule has 0 bridgehead atoms. The molecule has 1 atom stereocenters. The first-order chi connectivity index (χ1) is 11.8. The van der Waals surface area contributed by atoms with Gasteiger partial charge in [0.25, 0.3) is 11.5 Å². The summed E-state index contributed by atoms with van der Waals surface area (Å²) in [5.41, 5.74) is 0.388. The van der Waals surface area contributed by atoms with E-state index in [0.717, 1.165) is 25.1 Å². The Hall–Kier alpha value is -2.11. The summed E-state index contributed by atoms with van der Waals surface area (Å²) in [6.07, 6.45) is 2.48. The van der Waals surface area contributed by atoms with E-state index in [-0.39, 0.29) is 28.9 Å². The predicted molar refractivity (Wildman–Crippen MR) is 95.6 cm³/mol. The summed E-state index contributed by atoms with van der Waals surface area (Å²) >= 11 is 0. The zero-order valence-corrected chi connectivity index (χ0v) is 15.5. The molecule has 2 saturated heterocycles. The maximum atomic E-state index is 12.9. The Labute approximate surface area is 148 Å². The molecule has 6 nitrogen and oxygen atoms in total. The number of carbonyl (C=O) groups is 2. The number of pyridine rings is 1. The molecule has 0 aliphatic carbocycles. The van der Waals surface area contributed by atoms with E-state index in [1.165, 1.54) is 0 Å². The third-order valence-electron chi connectivity index (χ3n) is 5.76. The molecule has 136 valence electrons. The van der Waals surface area contributed by atoms with Crippen molar-refractivity contribution in [3.8, 4) is 0 Å². The molecule has 2 aliphatic rings. The van der Waals surface area contributed by atoms with Gasteiger partial charge in [-0.25, -0.2) is 0 Å². The molecule has 0 radical (unpaired) electrons. The summed E-state index contributed by atoms with van der Waals surface area (Å²) in [6.45, 7) is 5.78. The number of rotatable bonds is 2. The normalized spacial score (nSPS) is 23.8. The lowest BCUT2D eigenvalue weighted by Crippen LogP contribution is -2.48. The van der Waals surface area contributed by atoms with Crippen LogP contribution >= 0.6 is 0 Å². The number of likely N-dealkylation sites (tertiary alicyclic amines) is 2. The van der Waals surface area contributed by atoms with Gasteiger partial charge in [0.1, 0.15) is 5.56 Å². The lowest BCUT2D eigenvalue weighted by Gasteiger charge is -2.37. The Morgan fingerprint density at radius 3 is 2.52 bits per heavy atom. The molecule has 1 aromatic rings. The highest BCUT2D eigenvalue weighted by Crippen LogP contribution is 2.39. The van der Waals surface area contributed by atoms with E-state index in [2.05, 4.69) is 0 Å². The van der Waals surface area contributed by atoms with Crippen molar-refractivity contribution in [2.75, 3.05) is 26.7 Å². The minimum Gasteiger partial charge on any atom is -0.345 e. The van der Waals surface area contributed by atoms with Crippen molar-refractivity contribution in [2.45, 2.75) is 39.0 Å². The van der Waals surface area contributed by atoms with E-state index in [1.54, 1.807) is 27.5 Å². The van der Waals surface area contributed by atoms with Crippen LogP contribution in [0.2, 0.25) is 0 Å². The van der Waals surface area contributed by atoms with Crippen LogP contribution in [0.3, 0.4) is 0 Å². The van der Waals surface area contributed by atoms with E-state index >= 15 is 0 Å². The van der Waals surface area contributed by atoms with Crippen LogP contribution in [0.15, 0.2) is 16.9 Å². The van der Waals surface area contributed by atoms with Crippen molar-refractivity contribution in [3.05, 3.63) is 33.7 Å². The van der Waals surface area contributed by atoms with Crippen LogP contribution in [-0.4, -0.2) is 52.9 Å². The smallest absolute Gasteiger partial charge is 0.263 e. The van der Waals surface area contributed by atoms with Gasteiger partial charge in [0, 0.05) is 39.4 Å². The van der Waals surface area contributed by atoms with Crippen LogP contribution < -0.4 is 5.56 Å². The lowest BCUT2D eigenvalue weighted by molar-refractivity contribution is -0.143. The topological polar surface area (TPSA) is 62.6 Å². The standard InChI is InChI=1S/C19H27N3O3/c1-13(2)15-7-6-14(16(23)21(15)4)17(24)22-11-9-19(12-22)8-5-10-20(3)18(19)25/h6-7,13H,5,8-12H2,1-4H3. The number of amides is 2. The highest BCUT2D eigenvalue weighted by atomic mass is 16.2. The lowest BCUT2D eigenvalue weighted by atomic mass is 9.78. The van der Waals surface area contributed by atoms with E-state index in [0.29, 0.717) is 19.5 Å². The predicted octanol–water partition coefficient (Wildman–Crippen LogP) is 1.59. The van der Waals surface area contributed by atoms with Crippen molar-refractivity contribution in [2.24, 2.45) is 12.5 Å². The third-order valence-corrected chi connectivity index (χ3v) is 5.76. The van der Waals surface area contributed by atoms with Gasteiger partial charge >= 0.3 is 0 Å². The molecule has 1 aromatic heterocycles. The Morgan fingerprint density at radius 1 is 1.12 bits per heavy atom. The molecule has 25 heavy (non-hydrogen) atoms. The van der Waals surface area contributed by atoms with Gasteiger partial charge < -0.3 is 14.4 Å². The maximum Gasteiger partial charge on any atom is 0.263 e. The van der Waals surface area contributed by atoms with Gasteiger partial charge in [-0.3, -0.25) is 14.4 Å². The molecule has 3 rings (SSSR count). The van der Waals surface area contributed by atoms with Crippen LogP contribution in [0.5, 0.6) is 0 Å². The number of aromatic nitrogens is 1. The summed E-state index contributed by atoms with van der Waals surface area (Å²) in [7, 11) is 3.54. The largest absolute Gasteiger partial charge is 0.345 e. The van der Waals surface area contributed by atoms with E-state index < -0.39 is 5.41 Å². The van der Waals surface area contributed by atoms with E-state index in [1.807, 2.05) is 27.0 Å². The van der Waals surface area contributed by atoms with Crippen LogP contribution in [-0.2, 0) is 11.8 Å². The second kappa shape index (κ2) is 6.32. The molecule has 1 spiro atoms.